The lowest BCUT2D eigenvalue weighted by Crippen LogP contribution is -2.60. The number of amides is 1. The average molecular weight is 477 g/mol. The number of piperidine rings is 3. The van der Waals surface area contributed by atoms with Crippen molar-refractivity contribution < 1.29 is 19.4 Å². The number of nitrogens with zero attached hydrogens (tertiary/aromatic N) is 2. The molecule has 3 heterocycles. The van der Waals surface area contributed by atoms with Gasteiger partial charge in [0.05, 0.1) is 18.7 Å². The van der Waals surface area contributed by atoms with Gasteiger partial charge in [0.2, 0.25) is 0 Å². The number of fused-ring (bicyclic) bond motifs is 4. The van der Waals surface area contributed by atoms with E-state index in [-0.39, 0.29) is 17.5 Å². The van der Waals surface area contributed by atoms with Crippen LogP contribution in [0.1, 0.15) is 49.3 Å². The number of carbonyl (C=O) groups is 1. The zero-order chi connectivity index (χ0) is 24.0. The summed E-state index contributed by atoms with van der Waals surface area (Å²) >= 11 is 0. The van der Waals surface area contributed by atoms with Crippen LogP contribution < -0.4 is 4.74 Å². The molecule has 3 aliphatic heterocycles. The molecule has 1 spiro atoms. The minimum Gasteiger partial charge on any atom is -0.491 e. The fourth-order valence-corrected chi connectivity index (χ4v) is 6.99. The van der Waals surface area contributed by atoms with E-state index in [1.807, 2.05) is 23.1 Å². The van der Waals surface area contributed by atoms with Crippen molar-refractivity contribution in [2.24, 2.45) is 11.3 Å². The van der Waals surface area contributed by atoms with E-state index in [0.717, 1.165) is 75.0 Å². The van der Waals surface area contributed by atoms with Crippen molar-refractivity contribution in [1.82, 2.24) is 9.80 Å². The number of aryl methyl sites for hydroxylation is 1. The molecular weight excluding hydrogens is 440 g/mol. The molecule has 1 amide bonds. The molecule has 7 rings (SSSR count). The second-order valence-electron chi connectivity index (χ2n) is 10.9. The number of methoxy groups -OCH3 is 1. The van der Waals surface area contributed by atoms with E-state index < -0.39 is 6.09 Å². The Morgan fingerprint density at radius 2 is 1.91 bits per heavy atom. The van der Waals surface area contributed by atoms with E-state index in [4.69, 9.17) is 9.47 Å². The number of rotatable bonds is 7. The van der Waals surface area contributed by atoms with Gasteiger partial charge in [0.1, 0.15) is 12.4 Å². The first kappa shape index (κ1) is 22.9. The van der Waals surface area contributed by atoms with Gasteiger partial charge in [0, 0.05) is 19.2 Å². The molecule has 2 aliphatic carbocycles. The fourth-order valence-electron chi connectivity index (χ4n) is 6.99. The van der Waals surface area contributed by atoms with Crippen LogP contribution in [0.25, 0.3) is 11.1 Å². The van der Waals surface area contributed by atoms with E-state index in [9.17, 15) is 9.90 Å². The lowest BCUT2D eigenvalue weighted by Gasteiger charge is -2.52. The van der Waals surface area contributed by atoms with Crippen molar-refractivity contribution in [1.29, 1.82) is 0 Å². The predicted octanol–water partition coefficient (Wildman–Crippen LogP) is 5.22. The van der Waals surface area contributed by atoms with Crippen LogP contribution in [0, 0.1) is 11.3 Å². The molecule has 2 atom stereocenters. The Bertz CT molecular complexity index is 1090. The van der Waals surface area contributed by atoms with E-state index in [1.54, 1.807) is 7.11 Å². The molecule has 2 bridgehead atoms. The molecular formula is C29H36N2O4. The molecule has 2 aromatic rings. The van der Waals surface area contributed by atoms with Crippen LogP contribution >= 0.6 is 0 Å². The van der Waals surface area contributed by atoms with E-state index in [2.05, 4.69) is 29.2 Å². The van der Waals surface area contributed by atoms with Crippen molar-refractivity contribution in [3.63, 3.8) is 0 Å². The topological polar surface area (TPSA) is 62.2 Å². The number of hydrogen-bond acceptors (Lipinski definition) is 4. The van der Waals surface area contributed by atoms with Crippen LogP contribution in [0.4, 0.5) is 4.79 Å². The van der Waals surface area contributed by atoms with Gasteiger partial charge in [0.15, 0.2) is 0 Å². The van der Waals surface area contributed by atoms with Crippen LogP contribution in [0.3, 0.4) is 0 Å². The number of para-hydroxylation sites is 1. The van der Waals surface area contributed by atoms with Gasteiger partial charge in [-0.25, -0.2) is 4.79 Å². The molecule has 1 N–H and O–H groups in total. The van der Waals surface area contributed by atoms with Gasteiger partial charge in [-0.2, -0.15) is 0 Å². The standard InChI is InChI=1S/C29H36N2O4/c1-34-16-17-35-26-5-3-2-4-23(26)21-6-7-24-22(18-21)8-11-29(12-13-29)27(24)31(28(32)33)25-19-30-14-9-20(25)10-15-30/h2-7,18,20,25,27H,8-17,19H2,1H3,(H,32,33)/t25?,27-/m1/s1. The summed E-state index contributed by atoms with van der Waals surface area (Å²) in [6.45, 7) is 4.19. The second-order valence-corrected chi connectivity index (χ2v) is 10.9. The van der Waals surface area contributed by atoms with Crippen molar-refractivity contribution in [2.45, 2.75) is 50.6 Å². The number of benzene rings is 2. The first-order chi connectivity index (χ1) is 17.1. The summed E-state index contributed by atoms with van der Waals surface area (Å²) in [6, 6.07) is 14.9. The third-order valence-electron chi connectivity index (χ3n) is 9.02. The predicted molar refractivity (Wildman–Crippen MR) is 135 cm³/mol. The maximum Gasteiger partial charge on any atom is 0.408 e. The van der Waals surface area contributed by atoms with Crippen molar-refractivity contribution >= 4 is 6.09 Å². The minimum atomic E-state index is -0.742. The van der Waals surface area contributed by atoms with E-state index >= 15 is 0 Å². The highest BCUT2D eigenvalue weighted by molar-refractivity contribution is 5.72. The summed E-state index contributed by atoms with van der Waals surface area (Å²) in [4.78, 5) is 17.2. The number of carboxylic acid groups (broad SMARTS) is 1. The van der Waals surface area contributed by atoms with Crippen LogP contribution in [0.15, 0.2) is 42.5 Å². The van der Waals surface area contributed by atoms with Gasteiger partial charge in [-0.05, 0) is 85.7 Å². The summed E-state index contributed by atoms with van der Waals surface area (Å²) in [5.74, 6) is 1.35. The smallest absolute Gasteiger partial charge is 0.408 e. The number of ether oxygens (including phenoxy) is 2. The number of hydrogen-bond donors (Lipinski definition) is 1. The third kappa shape index (κ3) is 4.11. The molecule has 186 valence electrons. The maximum absolute atomic E-state index is 12.8. The molecule has 1 unspecified atom stereocenters. The summed E-state index contributed by atoms with van der Waals surface area (Å²) in [6.07, 6.45) is 5.87. The van der Waals surface area contributed by atoms with Gasteiger partial charge < -0.3 is 19.5 Å². The maximum atomic E-state index is 12.8. The molecule has 3 saturated heterocycles. The van der Waals surface area contributed by atoms with Crippen molar-refractivity contribution in [2.75, 3.05) is 40.0 Å². The van der Waals surface area contributed by atoms with Gasteiger partial charge in [-0.1, -0.05) is 36.4 Å². The zero-order valence-electron chi connectivity index (χ0n) is 20.6. The Hall–Kier alpha value is -2.57. The molecule has 4 fully saturated rings. The summed E-state index contributed by atoms with van der Waals surface area (Å²) < 4.78 is 11.2. The summed E-state index contributed by atoms with van der Waals surface area (Å²) in [5.41, 5.74) is 4.85. The van der Waals surface area contributed by atoms with E-state index in [1.165, 1.54) is 11.1 Å². The third-order valence-corrected chi connectivity index (χ3v) is 9.02. The molecule has 2 aromatic carbocycles. The van der Waals surface area contributed by atoms with Gasteiger partial charge in [-0.3, -0.25) is 4.90 Å². The first-order valence-electron chi connectivity index (χ1n) is 13.2. The molecule has 35 heavy (non-hydrogen) atoms. The van der Waals surface area contributed by atoms with Gasteiger partial charge >= 0.3 is 6.09 Å². The van der Waals surface area contributed by atoms with Crippen molar-refractivity contribution in [3.8, 4) is 16.9 Å². The van der Waals surface area contributed by atoms with Crippen molar-refractivity contribution in [3.05, 3.63) is 53.6 Å². The monoisotopic (exact) mass is 476 g/mol. The summed E-state index contributed by atoms with van der Waals surface area (Å²) in [5, 5.41) is 10.5. The lowest BCUT2D eigenvalue weighted by atomic mass is 9.73. The normalized spacial score (nSPS) is 27.9. The van der Waals surface area contributed by atoms with Gasteiger partial charge in [-0.15, -0.1) is 0 Å². The Morgan fingerprint density at radius 1 is 1.11 bits per heavy atom. The lowest BCUT2D eigenvalue weighted by molar-refractivity contribution is -0.0243. The Kier molecular flexibility index (Phi) is 5.97. The van der Waals surface area contributed by atoms with Crippen LogP contribution in [0.5, 0.6) is 5.75 Å². The van der Waals surface area contributed by atoms with Gasteiger partial charge in [0.25, 0.3) is 0 Å². The quantitative estimate of drug-likeness (QED) is 0.555. The molecule has 6 heteroatoms. The highest BCUT2D eigenvalue weighted by Crippen LogP contribution is 2.64. The Morgan fingerprint density at radius 3 is 2.60 bits per heavy atom. The SMILES string of the molecule is COCCOc1ccccc1-c1ccc2c(c1)CCC1(CC1)[C@@H]2N(C(=O)O)C1CN2CCC1CC2. The van der Waals surface area contributed by atoms with Crippen LogP contribution in [0.2, 0.25) is 0 Å². The Labute approximate surface area is 207 Å². The molecule has 5 aliphatic rings. The highest BCUT2D eigenvalue weighted by atomic mass is 16.5. The minimum absolute atomic E-state index is 0.0310. The molecule has 1 saturated carbocycles. The van der Waals surface area contributed by atoms with Crippen LogP contribution in [-0.4, -0.2) is 67.0 Å². The molecule has 0 radical (unpaired) electrons. The highest BCUT2D eigenvalue weighted by Gasteiger charge is 2.57. The first-order valence-corrected chi connectivity index (χ1v) is 13.2. The molecule has 6 nitrogen and oxygen atoms in total. The average Bonchev–Trinajstić information content (AvgIpc) is 3.66. The van der Waals surface area contributed by atoms with E-state index in [0.29, 0.717) is 19.1 Å². The fraction of sp³-hybridized carbons (Fsp3) is 0.552. The summed E-state index contributed by atoms with van der Waals surface area (Å²) in [7, 11) is 1.68. The largest absolute Gasteiger partial charge is 0.491 e. The Balaban J connectivity index is 1.35. The second kappa shape index (κ2) is 9.14. The molecule has 0 aromatic heterocycles. The van der Waals surface area contributed by atoms with Crippen LogP contribution in [-0.2, 0) is 11.2 Å². The zero-order valence-corrected chi connectivity index (χ0v) is 20.6.